The molecule has 5 nitrogen and oxygen atoms in total. The van der Waals surface area contributed by atoms with Crippen LogP contribution in [-0.4, -0.2) is 23.2 Å². The fourth-order valence-electron chi connectivity index (χ4n) is 1.78. The molecule has 0 atom stereocenters. The van der Waals surface area contributed by atoms with E-state index in [0.29, 0.717) is 11.5 Å². The lowest BCUT2D eigenvalue weighted by Gasteiger charge is -2.06. The van der Waals surface area contributed by atoms with Gasteiger partial charge in [-0.1, -0.05) is 25.1 Å². The molecule has 0 fully saturated rings. The quantitative estimate of drug-likeness (QED) is 0.658. The first-order valence-corrected chi connectivity index (χ1v) is 7.15. The average Bonchev–Trinajstić information content (AvgIpc) is 2.59. The van der Waals surface area contributed by atoms with Crippen LogP contribution in [0.25, 0.3) is 0 Å². The Morgan fingerprint density at radius 2 is 2.00 bits per heavy atom. The molecule has 0 aliphatic rings. The lowest BCUT2D eigenvalue weighted by molar-refractivity contribution is -0.123. The summed E-state index contributed by atoms with van der Waals surface area (Å²) in [6.45, 7) is 3.79. The monoisotopic (exact) mass is 297 g/mol. The Morgan fingerprint density at radius 1 is 1.23 bits per heavy atom. The van der Waals surface area contributed by atoms with Crippen molar-refractivity contribution >= 4 is 11.6 Å². The van der Waals surface area contributed by atoms with Crippen LogP contribution in [0, 0.1) is 0 Å². The standard InChI is InChI=1S/C17H19N3O2/c1-3-14-7-9-15(10-8-14)22-12-17(21)20-19-13(2)16-6-4-5-11-18-16/h4-11H,3,12H2,1-2H3,(H,20,21)/b19-13-. The second kappa shape index (κ2) is 7.93. The minimum absolute atomic E-state index is 0.0789. The summed E-state index contributed by atoms with van der Waals surface area (Å²) < 4.78 is 5.41. The minimum Gasteiger partial charge on any atom is -0.484 e. The highest BCUT2D eigenvalue weighted by Gasteiger charge is 2.03. The number of amides is 1. The van der Waals surface area contributed by atoms with Gasteiger partial charge in [0.2, 0.25) is 0 Å². The number of benzene rings is 1. The van der Waals surface area contributed by atoms with Gasteiger partial charge in [0.05, 0.1) is 11.4 Å². The Bertz CT molecular complexity index is 637. The molecule has 0 saturated heterocycles. The summed E-state index contributed by atoms with van der Waals surface area (Å²) in [6.07, 6.45) is 2.65. The van der Waals surface area contributed by atoms with Crippen LogP contribution in [0.1, 0.15) is 25.1 Å². The summed E-state index contributed by atoms with van der Waals surface area (Å²) in [7, 11) is 0. The first-order chi connectivity index (χ1) is 10.7. The number of ether oxygens (including phenoxy) is 1. The SMILES string of the molecule is CCc1ccc(OCC(=O)N/N=C(/C)c2ccccn2)cc1. The third-order valence-electron chi connectivity index (χ3n) is 3.09. The Balaban J connectivity index is 1.82. The van der Waals surface area contributed by atoms with Crippen molar-refractivity contribution in [2.45, 2.75) is 20.3 Å². The zero-order chi connectivity index (χ0) is 15.8. The summed E-state index contributed by atoms with van der Waals surface area (Å²) in [5, 5.41) is 4.01. The predicted molar refractivity (Wildman–Crippen MR) is 85.9 cm³/mol. The van der Waals surface area contributed by atoms with Gasteiger partial charge in [0.1, 0.15) is 5.75 Å². The molecule has 0 radical (unpaired) electrons. The van der Waals surface area contributed by atoms with Crippen molar-refractivity contribution in [3.63, 3.8) is 0 Å². The van der Waals surface area contributed by atoms with Gasteiger partial charge in [0, 0.05) is 6.20 Å². The van der Waals surface area contributed by atoms with Gasteiger partial charge in [-0.05, 0) is 43.2 Å². The lowest BCUT2D eigenvalue weighted by atomic mass is 10.2. The molecule has 114 valence electrons. The third kappa shape index (κ3) is 4.70. The second-order valence-corrected chi connectivity index (χ2v) is 4.73. The summed E-state index contributed by atoms with van der Waals surface area (Å²) in [6, 6.07) is 13.2. The third-order valence-corrected chi connectivity index (χ3v) is 3.09. The number of aromatic nitrogens is 1. The minimum atomic E-state index is -0.310. The van der Waals surface area contributed by atoms with Crippen LogP contribution in [0.15, 0.2) is 53.8 Å². The zero-order valence-corrected chi connectivity index (χ0v) is 12.7. The molecule has 2 rings (SSSR count). The molecule has 0 bridgehead atoms. The van der Waals surface area contributed by atoms with Crippen molar-refractivity contribution in [2.75, 3.05) is 6.61 Å². The van der Waals surface area contributed by atoms with Gasteiger partial charge < -0.3 is 4.74 Å². The number of nitrogens with one attached hydrogen (secondary N) is 1. The van der Waals surface area contributed by atoms with Gasteiger partial charge in [-0.25, -0.2) is 5.43 Å². The van der Waals surface area contributed by atoms with E-state index in [9.17, 15) is 4.79 Å². The molecule has 5 heteroatoms. The molecule has 1 N–H and O–H groups in total. The molecular weight excluding hydrogens is 278 g/mol. The first kappa shape index (κ1) is 15.7. The summed E-state index contributed by atoms with van der Waals surface area (Å²) >= 11 is 0. The lowest BCUT2D eigenvalue weighted by Crippen LogP contribution is -2.25. The summed E-state index contributed by atoms with van der Waals surface area (Å²) in [4.78, 5) is 15.9. The Morgan fingerprint density at radius 3 is 2.64 bits per heavy atom. The molecule has 22 heavy (non-hydrogen) atoms. The highest BCUT2D eigenvalue weighted by atomic mass is 16.5. The van der Waals surface area contributed by atoms with Crippen molar-refractivity contribution < 1.29 is 9.53 Å². The fraction of sp³-hybridized carbons (Fsp3) is 0.235. The van der Waals surface area contributed by atoms with Gasteiger partial charge in [0.15, 0.2) is 6.61 Å². The zero-order valence-electron chi connectivity index (χ0n) is 12.7. The van der Waals surface area contributed by atoms with E-state index in [1.807, 2.05) is 42.5 Å². The van der Waals surface area contributed by atoms with E-state index in [2.05, 4.69) is 22.4 Å². The van der Waals surface area contributed by atoms with Crippen LogP contribution in [-0.2, 0) is 11.2 Å². The van der Waals surface area contributed by atoms with Gasteiger partial charge in [0.25, 0.3) is 5.91 Å². The summed E-state index contributed by atoms with van der Waals surface area (Å²) in [5.41, 5.74) is 5.05. The average molecular weight is 297 g/mol. The van der Waals surface area contributed by atoms with Crippen LogP contribution in [0.3, 0.4) is 0 Å². The maximum atomic E-state index is 11.7. The molecule has 1 aromatic carbocycles. The number of carbonyl (C=O) groups is 1. The number of carbonyl (C=O) groups excluding carboxylic acids is 1. The van der Waals surface area contributed by atoms with Crippen LogP contribution in [0.4, 0.5) is 0 Å². The molecule has 0 aliphatic heterocycles. The van der Waals surface area contributed by atoms with Crippen molar-refractivity contribution in [1.82, 2.24) is 10.4 Å². The molecule has 0 saturated carbocycles. The molecule has 1 aromatic heterocycles. The van der Waals surface area contributed by atoms with Crippen LogP contribution in [0.2, 0.25) is 0 Å². The summed E-state index contributed by atoms with van der Waals surface area (Å²) in [5.74, 6) is 0.354. The molecule has 1 amide bonds. The van der Waals surface area contributed by atoms with Gasteiger partial charge in [-0.3, -0.25) is 9.78 Å². The van der Waals surface area contributed by atoms with E-state index in [4.69, 9.17) is 4.74 Å². The van der Waals surface area contributed by atoms with Crippen molar-refractivity contribution in [2.24, 2.45) is 5.10 Å². The number of hydrogen-bond donors (Lipinski definition) is 1. The van der Waals surface area contributed by atoms with Gasteiger partial charge in [-0.2, -0.15) is 5.10 Å². The molecule has 1 heterocycles. The van der Waals surface area contributed by atoms with Crippen LogP contribution >= 0.6 is 0 Å². The normalized spacial score (nSPS) is 11.1. The van der Waals surface area contributed by atoms with E-state index in [0.717, 1.165) is 12.1 Å². The Labute approximate surface area is 130 Å². The number of hydrogen-bond acceptors (Lipinski definition) is 4. The number of nitrogens with zero attached hydrogens (tertiary/aromatic N) is 2. The molecule has 0 unspecified atom stereocenters. The van der Waals surface area contributed by atoms with Gasteiger partial charge >= 0.3 is 0 Å². The molecule has 2 aromatic rings. The van der Waals surface area contributed by atoms with E-state index in [-0.39, 0.29) is 12.5 Å². The predicted octanol–water partition coefficient (Wildman–Crippen LogP) is 2.56. The van der Waals surface area contributed by atoms with Gasteiger partial charge in [-0.15, -0.1) is 0 Å². The van der Waals surface area contributed by atoms with Crippen molar-refractivity contribution in [1.29, 1.82) is 0 Å². The van der Waals surface area contributed by atoms with E-state index < -0.39 is 0 Å². The number of pyridine rings is 1. The Hall–Kier alpha value is -2.69. The first-order valence-electron chi connectivity index (χ1n) is 7.15. The highest BCUT2D eigenvalue weighted by Crippen LogP contribution is 2.12. The maximum Gasteiger partial charge on any atom is 0.277 e. The number of aryl methyl sites for hydroxylation is 1. The van der Waals surface area contributed by atoms with E-state index in [1.165, 1.54) is 5.56 Å². The highest BCUT2D eigenvalue weighted by molar-refractivity contribution is 5.97. The maximum absolute atomic E-state index is 11.7. The van der Waals surface area contributed by atoms with E-state index >= 15 is 0 Å². The topological polar surface area (TPSA) is 63.6 Å². The number of rotatable bonds is 6. The largest absolute Gasteiger partial charge is 0.484 e. The molecular formula is C17H19N3O2. The molecule has 0 spiro atoms. The molecule has 0 aliphatic carbocycles. The van der Waals surface area contributed by atoms with E-state index in [1.54, 1.807) is 13.1 Å². The van der Waals surface area contributed by atoms with Crippen LogP contribution in [0.5, 0.6) is 5.75 Å². The van der Waals surface area contributed by atoms with Crippen molar-refractivity contribution in [3.05, 3.63) is 59.9 Å². The second-order valence-electron chi connectivity index (χ2n) is 4.73. The number of hydrazone groups is 1. The van der Waals surface area contributed by atoms with Crippen molar-refractivity contribution in [3.8, 4) is 5.75 Å². The Kier molecular flexibility index (Phi) is 5.65. The fourth-order valence-corrected chi connectivity index (χ4v) is 1.78. The van der Waals surface area contributed by atoms with Crippen LogP contribution < -0.4 is 10.2 Å². The smallest absolute Gasteiger partial charge is 0.277 e.